The predicted molar refractivity (Wildman–Crippen MR) is 81.9 cm³/mol. The Kier molecular flexibility index (Phi) is 4.86. The molecule has 0 bridgehead atoms. The summed E-state index contributed by atoms with van der Waals surface area (Å²) in [5.41, 5.74) is 7.03. The second-order valence-electron chi connectivity index (χ2n) is 4.43. The zero-order chi connectivity index (χ0) is 14.5. The van der Waals surface area contributed by atoms with Crippen LogP contribution in [-0.2, 0) is 6.54 Å². The number of nitrogens with two attached hydrogens (primary N) is 1. The highest BCUT2D eigenvalue weighted by Gasteiger charge is 2.05. The van der Waals surface area contributed by atoms with Crippen molar-refractivity contribution in [3.8, 4) is 0 Å². The van der Waals surface area contributed by atoms with Gasteiger partial charge >= 0.3 is 0 Å². The van der Waals surface area contributed by atoms with E-state index in [0.717, 1.165) is 15.7 Å². The molecule has 0 aliphatic heterocycles. The molecule has 106 valence electrons. The Morgan fingerprint density at radius 1 is 1.35 bits per heavy atom. The maximum absolute atomic E-state index is 12.0. The third-order valence-corrected chi connectivity index (χ3v) is 3.29. The summed E-state index contributed by atoms with van der Waals surface area (Å²) in [7, 11) is 1.88. The van der Waals surface area contributed by atoms with Crippen LogP contribution in [0.25, 0.3) is 0 Å². The number of nitrogens with zero attached hydrogens (tertiary/aromatic N) is 4. The zero-order valence-corrected chi connectivity index (χ0v) is 12.7. The van der Waals surface area contributed by atoms with Crippen molar-refractivity contribution in [2.75, 3.05) is 25.0 Å². The number of hydrogen-bond donors (Lipinski definition) is 1. The molecule has 6 nitrogen and oxygen atoms in total. The molecule has 0 spiro atoms. The van der Waals surface area contributed by atoms with E-state index in [1.807, 2.05) is 18.0 Å². The molecule has 0 saturated carbocycles. The molecule has 0 radical (unpaired) electrons. The molecule has 2 heterocycles. The van der Waals surface area contributed by atoms with Gasteiger partial charge < -0.3 is 10.6 Å². The normalized spacial score (nSPS) is 10.6. The first-order valence-corrected chi connectivity index (χ1v) is 6.97. The number of hydrogen-bond acceptors (Lipinski definition) is 5. The van der Waals surface area contributed by atoms with Crippen LogP contribution in [0, 0.1) is 0 Å². The monoisotopic (exact) mass is 337 g/mol. The predicted octanol–water partition coefficient (Wildman–Crippen LogP) is 0.844. The van der Waals surface area contributed by atoms with Gasteiger partial charge in [0.15, 0.2) is 0 Å². The van der Waals surface area contributed by atoms with Gasteiger partial charge in [-0.25, -0.2) is 4.68 Å². The Morgan fingerprint density at radius 3 is 2.80 bits per heavy atom. The van der Waals surface area contributed by atoms with Gasteiger partial charge in [-0.1, -0.05) is 0 Å². The van der Waals surface area contributed by atoms with E-state index >= 15 is 0 Å². The van der Waals surface area contributed by atoms with Crippen molar-refractivity contribution < 1.29 is 0 Å². The van der Waals surface area contributed by atoms with Crippen LogP contribution in [0.4, 0.5) is 5.69 Å². The molecule has 20 heavy (non-hydrogen) atoms. The summed E-state index contributed by atoms with van der Waals surface area (Å²) >= 11 is 3.35. The highest BCUT2D eigenvalue weighted by molar-refractivity contribution is 9.10. The molecule has 2 rings (SSSR count). The summed E-state index contributed by atoms with van der Waals surface area (Å²) in [6.45, 7) is 1.61. The summed E-state index contributed by atoms with van der Waals surface area (Å²) in [5, 5.41) is 4.19. The van der Waals surface area contributed by atoms with Gasteiger partial charge in [-0.2, -0.15) is 5.10 Å². The Hall–Kier alpha value is -1.73. The van der Waals surface area contributed by atoms with Crippen molar-refractivity contribution in [1.29, 1.82) is 0 Å². The lowest BCUT2D eigenvalue weighted by molar-refractivity contribution is 0.635. The summed E-state index contributed by atoms with van der Waals surface area (Å²) < 4.78 is 2.28. The quantitative estimate of drug-likeness (QED) is 0.874. The maximum Gasteiger partial charge on any atom is 0.269 e. The second-order valence-corrected chi connectivity index (χ2v) is 5.35. The minimum absolute atomic E-state index is 0.147. The fourth-order valence-electron chi connectivity index (χ4n) is 1.79. The molecule has 0 aromatic carbocycles. The number of pyridine rings is 1. The topological polar surface area (TPSA) is 77.0 Å². The van der Waals surface area contributed by atoms with Crippen LogP contribution in [0.5, 0.6) is 0 Å². The zero-order valence-electron chi connectivity index (χ0n) is 11.2. The molecule has 0 aliphatic carbocycles. The van der Waals surface area contributed by atoms with E-state index in [4.69, 9.17) is 5.73 Å². The van der Waals surface area contributed by atoms with Crippen LogP contribution >= 0.6 is 15.9 Å². The van der Waals surface area contributed by atoms with Gasteiger partial charge in [0.25, 0.3) is 5.56 Å². The largest absolute Gasteiger partial charge is 0.372 e. The number of rotatable bonds is 5. The Balaban J connectivity index is 2.20. The minimum Gasteiger partial charge on any atom is -0.372 e. The number of halogens is 1. The van der Waals surface area contributed by atoms with E-state index in [1.165, 1.54) is 4.68 Å². The molecule has 0 saturated heterocycles. The van der Waals surface area contributed by atoms with Gasteiger partial charge in [0.05, 0.1) is 18.4 Å². The Labute approximate surface area is 125 Å². The van der Waals surface area contributed by atoms with Gasteiger partial charge in [0, 0.05) is 43.1 Å². The molecule has 2 aromatic rings. The summed E-state index contributed by atoms with van der Waals surface area (Å²) in [5.74, 6) is 0. The molecule has 0 fully saturated rings. The lowest BCUT2D eigenvalue weighted by atomic mass is 10.3. The molecular weight excluding hydrogens is 322 g/mol. The summed E-state index contributed by atoms with van der Waals surface area (Å²) in [4.78, 5) is 18.0. The van der Waals surface area contributed by atoms with E-state index in [9.17, 15) is 4.79 Å². The molecule has 7 heteroatoms. The number of likely N-dealkylation sites (N-methyl/N-ethyl adjacent to an activating group) is 1. The van der Waals surface area contributed by atoms with Crippen molar-refractivity contribution in [2.24, 2.45) is 5.73 Å². The third-order valence-electron chi connectivity index (χ3n) is 2.85. The fraction of sp³-hybridized carbons (Fsp3) is 0.308. The van der Waals surface area contributed by atoms with Crippen LogP contribution in [0.1, 0.15) is 5.56 Å². The van der Waals surface area contributed by atoms with Crippen molar-refractivity contribution in [3.63, 3.8) is 0 Å². The molecule has 0 unspecified atom stereocenters. The second kappa shape index (κ2) is 6.62. The van der Waals surface area contributed by atoms with Crippen molar-refractivity contribution in [1.82, 2.24) is 14.8 Å². The average molecular weight is 338 g/mol. The summed E-state index contributed by atoms with van der Waals surface area (Å²) in [6, 6.07) is 3.48. The summed E-state index contributed by atoms with van der Waals surface area (Å²) in [6.07, 6.45) is 5.08. The van der Waals surface area contributed by atoms with Crippen molar-refractivity contribution in [2.45, 2.75) is 6.54 Å². The van der Waals surface area contributed by atoms with E-state index in [0.29, 0.717) is 19.6 Å². The third kappa shape index (κ3) is 3.64. The highest BCUT2D eigenvalue weighted by atomic mass is 79.9. The molecule has 0 amide bonds. The molecule has 2 aromatic heterocycles. The van der Waals surface area contributed by atoms with E-state index in [2.05, 4.69) is 26.0 Å². The molecule has 0 atom stereocenters. The SMILES string of the molecule is CN(CCN)c1cnn(Cc2cncc(Br)c2)c(=O)c1. The van der Waals surface area contributed by atoms with Crippen LogP contribution < -0.4 is 16.2 Å². The Bertz CT molecular complexity index is 643. The molecular formula is C13H16BrN5O. The Morgan fingerprint density at radius 2 is 2.15 bits per heavy atom. The maximum atomic E-state index is 12.0. The lowest BCUT2D eigenvalue weighted by Crippen LogP contribution is -2.29. The van der Waals surface area contributed by atoms with E-state index in [1.54, 1.807) is 24.7 Å². The van der Waals surface area contributed by atoms with Crippen LogP contribution in [-0.4, -0.2) is 34.9 Å². The van der Waals surface area contributed by atoms with Gasteiger partial charge in [-0.05, 0) is 27.6 Å². The minimum atomic E-state index is -0.147. The van der Waals surface area contributed by atoms with Crippen molar-refractivity contribution in [3.05, 3.63) is 51.1 Å². The van der Waals surface area contributed by atoms with E-state index < -0.39 is 0 Å². The van der Waals surface area contributed by atoms with E-state index in [-0.39, 0.29) is 5.56 Å². The van der Waals surface area contributed by atoms with Gasteiger partial charge in [0.2, 0.25) is 0 Å². The van der Waals surface area contributed by atoms with Crippen LogP contribution in [0.3, 0.4) is 0 Å². The van der Waals surface area contributed by atoms with Crippen molar-refractivity contribution >= 4 is 21.6 Å². The van der Waals surface area contributed by atoms with Crippen LogP contribution in [0.2, 0.25) is 0 Å². The molecule has 2 N–H and O–H groups in total. The van der Waals surface area contributed by atoms with Gasteiger partial charge in [-0.15, -0.1) is 0 Å². The van der Waals surface area contributed by atoms with Crippen LogP contribution in [0.15, 0.2) is 40.0 Å². The average Bonchev–Trinajstić information content (AvgIpc) is 2.41. The van der Waals surface area contributed by atoms with Gasteiger partial charge in [0.1, 0.15) is 0 Å². The standard InChI is InChI=1S/C13H16BrN5O/c1-18(3-2-15)12-5-13(20)19(17-8-12)9-10-4-11(14)7-16-6-10/h4-8H,2-3,9,15H2,1H3. The van der Waals surface area contributed by atoms with Gasteiger partial charge in [-0.3, -0.25) is 9.78 Å². The first-order chi connectivity index (χ1) is 9.60. The lowest BCUT2D eigenvalue weighted by Gasteiger charge is -2.17. The molecule has 0 aliphatic rings. The first-order valence-electron chi connectivity index (χ1n) is 6.18. The number of anilines is 1. The highest BCUT2D eigenvalue weighted by Crippen LogP contribution is 2.10. The smallest absolute Gasteiger partial charge is 0.269 e. The first kappa shape index (κ1) is 14.7. The fourth-order valence-corrected chi connectivity index (χ4v) is 2.20. The number of aromatic nitrogens is 3.